The number of alkyl halides is 2. The SMILES string of the molecule is CC(C)(C)OC(=O)N1CCC(c2ccc([N+](=O)[O-])cc2)C(=O)C1.CC(C)(C)OC(=O)N1CCC(c2ccc([N+](=O)[O-])cc2)C(F)(F)C1. The maximum Gasteiger partial charge on any atom is 0.410 e. The molecule has 2 aromatic carbocycles. The summed E-state index contributed by atoms with van der Waals surface area (Å²) in [5, 5.41) is 21.3. The van der Waals surface area contributed by atoms with Crippen LogP contribution in [0.15, 0.2) is 48.5 Å². The number of hydrogen-bond donors (Lipinski definition) is 0. The highest BCUT2D eigenvalue weighted by atomic mass is 19.3. The van der Waals surface area contributed by atoms with Gasteiger partial charge >= 0.3 is 12.2 Å². The van der Waals surface area contributed by atoms with Crippen LogP contribution in [0, 0.1) is 20.2 Å². The van der Waals surface area contributed by atoms with E-state index in [1.165, 1.54) is 41.3 Å². The van der Waals surface area contributed by atoms with Crippen molar-refractivity contribution in [3.05, 3.63) is 79.9 Å². The molecule has 0 bridgehead atoms. The van der Waals surface area contributed by atoms with Crippen molar-refractivity contribution >= 4 is 29.3 Å². The van der Waals surface area contributed by atoms with Crippen LogP contribution < -0.4 is 0 Å². The van der Waals surface area contributed by atoms with Crippen molar-refractivity contribution in [3.63, 3.8) is 0 Å². The van der Waals surface area contributed by atoms with Gasteiger partial charge in [-0.15, -0.1) is 0 Å². The smallest absolute Gasteiger partial charge is 0.410 e. The van der Waals surface area contributed by atoms with Gasteiger partial charge in [-0.3, -0.25) is 25.0 Å². The first-order valence-electron chi connectivity index (χ1n) is 15.0. The number of nitrogens with zero attached hydrogens (tertiary/aromatic N) is 4. The number of halogens is 2. The summed E-state index contributed by atoms with van der Waals surface area (Å²) >= 11 is 0. The number of carbonyl (C=O) groups excluding carboxylic acids is 3. The zero-order valence-electron chi connectivity index (χ0n) is 27.2. The number of piperidine rings is 2. The summed E-state index contributed by atoms with van der Waals surface area (Å²) in [4.78, 5) is 58.9. The highest BCUT2D eigenvalue weighted by Gasteiger charge is 2.47. The average molecular weight is 663 g/mol. The summed E-state index contributed by atoms with van der Waals surface area (Å²) in [7, 11) is 0. The summed E-state index contributed by atoms with van der Waals surface area (Å²) in [6, 6.07) is 11.1. The van der Waals surface area contributed by atoms with E-state index in [1.54, 1.807) is 53.7 Å². The molecule has 2 aliphatic heterocycles. The van der Waals surface area contributed by atoms with Gasteiger partial charge < -0.3 is 19.3 Å². The van der Waals surface area contributed by atoms with E-state index >= 15 is 0 Å². The number of ether oxygens (including phenoxy) is 2. The second-order valence-electron chi connectivity index (χ2n) is 13.4. The maximum absolute atomic E-state index is 14.5. The number of nitro groups is 2. The van der Waals surface area contributed by atoms with E-state index in [-0.39, 0.29) is 42.6 Å². The molecule has 2 saturated heterocycles. The monoisotopic (exact) mass is 662 g/mol. The molecule has 2 unspecified atom stereocenters. The zero-order chi connectivity index (χ0) is 35.3. The van der Waals surface area contributed by atoms with E-state index < -0.39 is 51.6 Å². The minimum atomic E-state index is -3.13. The second kappa shape index (κ2) is 14.4. The van der Waals surface area contributed by atoms with Gasteiger partial charge in [0.15, 0.2) is 5.78 Å². The Balaban J connectivity index is 0.000000256. The number of amides is 2. The molecule has 47 heavy (non-hydrogen) atoms. The van der Waals surface area contributed by atoms with Crippen LogP contribution in [0.3, 0.4) is 0 Å². The number of hydrogen-bond acceptors (Lipinski definition) is 9. The van der Waals surface area contributed by atoms with Gasteiger partial charge in [-0.2, -0.15) is 0 Å². The molecule has 15 heteroatoms. The molecule has 2 aliphatic rings. The Hall–Kier alpha value is -4.69. The quantitative estimate of drug-likeness (QED) is 0.252. The van der Waals surface area contributed by atoms with Gasteiger partial charge in [0, 0.05) is 43.3 Å². The Morgan fingerprint density at radius 3 is 1.60 bits per heavy atom. The van der Waals surface area contributed by atoms with Crippen LogP contribution in [-0.2, 0) is 14.3 Å². The molecule has 13 nitrogen and oxygen atoms in total. The lowest BCUT2D eigenvalue weighted by atomic mass is 9.86. The van der Waals surface area contributed by atoms with Crippen molar-refractivity contribution in [2.24, 2.45) is 0 Å². The number of nitro benzene ring substituents is 2. The Bertz CT molecular complexity index is 1470. The van der Waals surface area contributed by atoms with Crippen LogP contribution in [0.4, 0.5) is 29.7 Å². The average Bonchev–Trinajstić information content (AvgIpc) is 2.95. The summed E-state index contributed by atoms with van der Waals surface area (Å²) in [5.74, 6) is -4.65. The van der Waals surface area contributed by atoms with Crippen LogP contribution in [0.25, 0.3) is 0 Å². The normalized spacial score (nSPS) is 19.6. The molecular weight excluding hydrogens is 622 g/mol. The number of carbonyl (C=O) groups is 3. The maximum atomic E-state index is 14.5. The van der Waals surface area contributed by atoms with Crippen LogP contribution in [0.2, 0.25) is 0 Å². The highest BCUT2D eigenvalue weighted by Crippen LogP contribution is 2.41. The molecular formula is C32H40F2N4O9. The number of Topliss-reactive ketones (excluding diaryl/α,β-unsaturated/α-hetero) is 1. The lowest BCUT2D eigenvalue weighted by Gasteiger charge is -2.39. The van der Waals surface area contributed by atoms with E-state index in [9.17, 15) is 43.4 Å². The fraction of sp³-hybridized carbons (Fsp3) is 0.531. The number of rotatable bonds is 4. The molecule has 2 aromatic rings. The first kappa shape index (κ1) is 36.8. The van der Waals surface area contributed by atoms with Gasteiger partial charge in [0.1, 0.15) is 11.2 Å². The molecule has 2 heterocycles. The Morgan fingerprint density at radius 2 is 1.19 bits per heavy atom. The van der Waals surface area contributed by atoms with Crippen molar-refractivity contribution in [3.8, 4) is 0 Å². The van der Waals surface area contributed by atoms with Crippen molar-refractivity contribution in [2.75, 3.05) is 26.2 Å². The molecule has 0 aromatic heterocycles. The summed E-state index contributed by atoms with van der Waals surface area (Å²) < 4.78 is 39.3. The third-order valence-corrected chi connectivity index (χ3v) is 7.34. The molecule has 0 saturated carbocycles. The molecule has 0 aliphatic carbocycles. The number of likely N-dealkylation sites (tertiary alicyclic amines) is 2. The molecule has 256 valence electrons. The fourth-order valence-corrected chi connectivity index (χ4v) is 5.15. The third-order valence-electron chi connectivity index (χ3n) is 7.34. The van der Waals surface area contributed by atoms with Crippen LogP contribution >= 0.6 is 0 Å². The number of non-ortho nitro benzene ring substituents is 2. The standard InChI is InChI=1S/C16H20F2N2O4.C16H20N2O5/c1-15(2,3)24-14(21)19-9-8-13(16(17,18)10-19)11-4-6-12(7-5-11)20(22)23;1-16(2,3)23-15(20)17-9-8-13(14(19)10-17)11-4-6-12(7-5-11)18(21)22/h4-7,13H,8-10H2,1-3H3;4-7,13H,8-10H2,1-3H3. The van der Waals surface area contributed by atoms with E-state index in [2.05, 4.69) is 0 Å². The van der Waals surface area contributed by atoms with Crippen molar-refractivity contribution in [1.29, 1.82) is 0 Å². The lowest BCUT2D eigenvalue weighted by molar-refractivity contribution is -0.385. The van der Waals surface area contributed by atoms with E-state index in [4.69, 9.17) is 9.47 Å². The Kier molecular flexibility index (Phi) is 11.3. The minimum absolute atomic E-state index is 0.00341. The number of ketones is 1. The van der Waals surface area contributed by atoms with Crippen molar-refractivity contribution < 1.29 is 42.5 Å². The largest absolute Gasteiger partial charge is 0.444 e. The van der Waals surface area contributed by atoms with Crippen LogP contribution in [-0.4, -0.2) is 80.9 Å². The van der Waals surface area contributed by atoms with Gasteiger partial charge in [0.25, 0.3) is 17.3 Å². The summed E-state index contributed by atoms with van der Waals surface area (Å²) in [6.45, 7) is 10.2. The Labute approximate surface area is 271 Å². The fourth-order valence-electron chi connectivity index (χ4n) is 5.15. The topological polar surface area (TPSA) is 162 Å². The molecule has 2 atom stereocenters. The summed E-state index contributed by atoms with van der Waals surface area (Å²) in [6.07, 6.45) is -0.711. The zero-order valence-corrected chi connectivity index (χ0v) is 27.2. The number of benzene rings is 2. The van der Waals surface area contributed by atoms with E-state index in [0.717, 1.165) is 10.5 Å². The molecule has 2 amide bonds. The van der Waals surface area contributed by atoms with Crippen molar-refractivity contribution in [1.82, 2.24) is 9.80 Å². The Morgan fingerprint density at radius 1 is 0.766 bits per heavy atom. The van der Waals surface area contributed by atoms with Gasteiger partial charge in [0.05, 0.1) is 28.9 Å². The van der Waals surface area contributed by atoms with E-state index in [1.807, 2.05) is 0 Å². The molecule has 0 radical (unpaired) electrons. The molecule has 2 fully saturated rings. The minimum Gasteiger partial charge on any atom is -0.444 e. The molecule has 4 rings (SSSR count). The first-order chi connectivity index (χ1) is 21.7. The van der Waals surface area contributed by atoms with Gasteiger partial charge in [0.2, 0.25) is 0 Å². The van der Waals surface area contributed by atoms with Crippen molar-refractivity contribution in [2.45, 2.75) is 83.3 Å². The predicted molar refractivity (Wildman–Crippen MR) is 166 cm³/mol. The van der Waals surface area contributed by atoms with Crippen LogP contribution in [0.1, 0.15) is 77.3 Å². The second-order valence-corrected chi connectivity index (χ2v) is 13.4. The lowest BCUT2D eigenvalue weighted by Crippen LogP contribution is -2.50. The van der Waals surface area contributed by atoms with Gasteiger partial charge in [-0.05, 0) is 65.5 Å². The van der Waals surface area contributed by atoms with Gasteiger partial charge in [-0.1, -0.05) is 24.3 Å². The summed E-state index contributed by atoms with van der Waals surface area (Å²) in [5.41, 5.74) is -0.434. The van der Waals surface area contributed by atoms with Gasteiger partial charge in [-0.25, -0.2) is 18.4 Å². The van der Waals surface area contributed by atoms with E-state index in [0.29, 0.717) is 18.5 Å². The highest BCUT2D eigenvalue weighted by molar-refractivity contribution is 5.91. The third kappa shape index (κ3) is 10.4. The first-order valence-corrected chi connectivity index (χ1v) is 15.0. The molecule has 0 spiro atoms. The predicted octanol–water partition coefficient (Wildman–Crippen LogP) is 6.84. The van der Waals surface area contributed by atoms with Crippen LogP contribution in [0.5, 0.6) is 0 Å². The molecule has 0 N–H and O–H groups in total.